The Balaban J connectivity index is 1.52. The minimum atomic E-state index is -0.517. The van der Waals surface area contributed by atoms with Crippen molar-refractivity contribution in [3.05, 3.63) is 17.5 Å². The van der Waals surface area contributed by atoms with Gasteiger partial charge in [-0.15, -0.1) is 0 Å². The van der Waals surface area contributed by atoms with E-state index in [1.165, 1.54) is 0 Å². The predicted molar refractivity (Wildman–Crippen MR) is 158 cm³/mol. The molecule has 2 heterocycles. The topological polar surface area (TPSA) is 153 Å². The van der Waals surface area contributed by atoms with E-state index in [9.17, 15) is 14.4 Å². The first kappa shape index (κ1) is 32.0. The number of hydrogen-bond donors (Lipinski definition) is 3. The molecule has 4 N–H and O–H groups in total. The van der Waals surface area contributed by atoms with Gasteiger partial charge in [0.2, 0.25) is 5.91 Å². The van der Waals surface area contributed by atoms with Crippen molar-refractivity contribution >= 4 is 35.7 Å². The van der Waals surface area contributed by atoms with Gasteiger partial charge in [-0.05, 0) is 78.2 Å². The molecule has 1 aliphatic heterocycles. The highest BCUT2D eigenvalue weighted by molar-refractivity contribution is 6.05. The van der Waals surface area contributed by atoms with Crippen LogP contribution in [0, 0.1) is 0 Å². The van der Waals surface area contributed by atoms with Crippen LogP contribution < -0.4 is 16.4 Å². The predicted octanol–water partition coefficient (Wildman–Crippen LogP) is 4.26. The summed E-state index contributed by atoms with van der Waals surface area (Å²) in [6.45, 7) is 10.3. The number of hydrogen-bond acceptors (Lipinski definition) is 8. The largest absolute Gasteiger partial charge is 0.446 e. The Morgan fingerprint density at radius 2 is 1.80 bits per heavy atom. The van der Waals surface area contributed by atoms with Crippen molar-refractivity contribution < 1.29 is 23.9 Å². The van der Waals surface area contributed by atoms with E-state index in [0.29, 0.717) is 56.2 Å². The summed E-state index contributed by atoms with van der Waals surface area (Å²) in [5, 5.41) is 10.0. The van der Waals surface area contributed by atoms with Gasteiger partial charge >= 0.3 is 12.2 Å². The molecule has 228 valence electrons. The van der Waals surface area contributed by atoms with Gasteiger partial charge in [-0.1, -0.05) is 6.92 Å². The second kappa shape index (κ2) is 15.4. The summed E-state index contributed by atoms with van der Waals surface area (Å²) >= 11 is 0. The number of alkyl carbamates (subject to hydrolysis) is 2. The fourth-order valence-electron chi connectivity index (χ4n) is 4.54. The first-order chi connectivity index (χ1) is 19.6. The molecule has 0 saturated heterocycles. The van der Waals surface area contributed by atoms with Crippen LogP contribution in [-0.4, -0.2) is 76.5 Å². The number of aliphatic imine (C=N–C) groups is 1. The van der Waals surface area contributed by atoms with E-state index in [1.54, 1.807) is 11.1 Å². The highest BCUT2D eigenvalue weighted by Crippen LogP contribution is 2.27. The zero-order chi connectivity index (χ0) is 29.8. The molecule has 0 radical (unpaired) electrons. The molecular formula is C29H47N7O5. The lowest BCUT2D eigenvalue weighted by Gasteiger charge is -2.25. The van der Waals surface area contributed by atoms with E-state index in [2.05, 4.69) is 20.7 Å². The lowest BCUT2D eigenvalue weighted by Crippen LogP contribution is -2.37. The lowest BCUT2D eigenvalue weighted by molar-refractivity contribution is -0.127. The first-order valence-corrected chi connectivity index (χ1v) is 14.9. The number of nitrogens with zero attached hydrogens (tertiary/aromatic N) is 4. The summed E-state index contributed by atoms with van der Waals surface area (Å²) in [5.41, 5.74) is 7.64. The molecule has 0 atom stereocenters. The van der Waals surface area contributed by atoms with Gasteiger partial charge in [0.15, 0.2) is 0 Å². The van der Waals surface area contributed by atoms with Crippen LogP contribution in [0.5, 0.6) is 0 Å². The van der Waals surface area contributed by atoms with Crippen LogP contribution in [0.25, 0.3) is 6.08 Å². The smallest absolute Gasteiger partial charge is 0.407 e. The molecule has 1 aromatic rings. The van der Waals surface area contributed by atoms with E-state index in [4.69, 9.17) is 15.2 Å². The van der Waals surface area contributed by atoms with Crippen LogP contribution in [0.1, 0.15) is 91.2 Å². The Morgan fingerprint density at radius 3 is 2.49 bits per heavy atom. The Hall–Kier alpha value is -3.57. The molecule has 0 bridgehead atoms. The van der Waals surface area contributed by atoms with Gasteiger partial charge < -0.3 is 30.7 Å². The molecule has 1 fully saturated rings. The molecule has 41 heavy (non-hydrogen) atoms. The summed E-state index contributed by atoms with van der Waals surface area (Å²) < 4.78 is 12.4. The summed E-state index contributed by atoms with van der Waals surface area (Å²) in [4.78, 5) is 43.6. The third-order valence-corrected chi connectivity index (χ3v) is 6.78. The third kappa shape index (κ3) is 10.7. The van der Waals surface area contributed by atoms with Crippen LogP contribution in [-0.2, 0) is 20.8 Å². The van der Waals surface area contributed by atoms with Crippen LogP contribution in [0.3, 0.4) is 0 Å². The van der Waals surface area contributed by atoms with Crippen LogP contribution in [0.2, 0.25) is 0 Å². The van der Waals surface area contributed by atoms with Crippen molar-refractivity contribution in [3.63, 3.8) is 0 Å². The maximum atomic E-state index is 13.6. The lowest BCUT2D eigenvalue weighted by atomic mass is 9.96. The van der Waals surface area contributed by atoms with Crippen molar-refractivity contribution in [2.75, 3.05) is 26.2 Å². The number of nitrogens with one attached hydrogen (secondary N) is 2. The number of carbonyl (C=O) groups excluding carboxylic acids is 3. The fourth-order valence-corrected chi connectivity index (χ4v) is 4.54. The van der Waals surface area contributed by atoms with Gasteiger partial charge in [0.25, 0.3) is 0 Å². The summed E-state index contributed by atoms with van der Waals surface area (Å²) in [7, 11) is 0. The molecule has 0 aromatic carbocycles. The average Bonchev–Trinajstić information content (AvgIpc) is 3.14. The van der Waals surface area contributed by atoms with E-state index in [-0.39, 0.29) is 18.4 Å². The normalized spacial score (nSPS) is 15.0. The summed E-state index contributed by atoms with van der Waals surface area (Å²) in [5.74, 6) is 0.281. The third-order valence-electron chi connectivity index (χ3n) is 6.78. The molecule has 12 nitrogen and oxygen atoms in total. The van der Waals surface area contributed by atoms with Gasteiger partial charge in [-0.2, -0.15) is 5.10 Å². The highest BCUT2D eigenvalue weighted by atomic mass is 16.6. The Kier molecular flexibility index (Phi) is 12.0. The molecular weight excluding hydrogens is 526 g/mol. The average molecular weight is 574 g/mol. The molecule has 1 saturated carbocycles. The number of fused-ring (bicyclic) bond motifs is 1. The van der Waals surface area contributed by atoms with Crippen LogP contribution in [0.4, 0.5) is 15.3 Å². The number of aromatic nitrogens is 2. The summed E-state index contributed by atoms with van der Waals surface area (Å²) in [6.07, 6.45) is 9.98. The zero-order valence-electron chi connectivity index (χ0n) is 25.0. The zero-order valence-corrected chi connectivity index (χ0v) is 25.0. The van der Waals surface area contributed by atoms with Crippen molar-refractivity contribution in [3.8, 4) is 0 Å². The standard InChI is InChI=1S/C29H47N7O5/c1-5-15-35(16-10-14-31-27(38)40-22-11-9-12-22)26(37)21-18-24-23(34-25(30)19-21)20-33-36(24)17-8-6-7-13-32-28(39)41-29(2,3)4/h18,20,22H,5-17,19H2,1-4H3,(H2,30,34)(H,31,38)(H,32,39). The number of rotatable bonds is 14. The maximum Gasteiger partial charge on any atom is 0.407 e. The van der Waals surface area contributed by atoms with E-state index >= 15 is 0 Å². The van der Waals surface area contributed by atoms with E-state index < -0.39 is 17.8 Å². The molecule has 0 spiro atoms. The Labute approximate surface area is 243 Å². The number of aryl methyl sites for hydroxylation is 1. The van der Waals surface area contributed by atoms with Crippen LogP contribution >= 0.6 is 0 Å². The molecule has 3 amide bonds. The molecule has 12 heteroatoms. The Bertz CT molecular complexity index is 1100. The van der Waals surface area contributed by atoms with E-state index in [1.807, 2.05) is 38.5 Å². The Morgan fingerprint density at radius 1 is 1.07 bits per heavy atom. The molecule has 0 unspecified atom stereocenters. The number of carbonyl (C=O) groups is 3. The second-order valence-electron chi connectivity index (χ2n) is 11.6. The number of unbranched alkanes of at least 4 members (excludes halogenated alkanes) is 2. The minimum absolute atomic E-state index is 0.0435. The van der Waals surface area contributed by atoms with Gasteiger partial charge in [-0.3, -0.25) is 9.48 Å². The number of nitrogens with two attached hydrogens (primary N) is 1. The highest BCUT2D eigenvalue weighted by Gasteiger charge is 2.24. The molecule has 1 aromatic heterocycles. The second-order valence-corrected chi connectivity index (χ2v) is 11.6. The van der Waals surface area contributed by atoms with E-state index in [0.717, 1.165) is 50.6 Å². The minimum Gasteiger partial charge on any atom is -0.446 e. The molecule has 2 aliphatic rings. The molecule has 3 rings (SSSR count). The SMILES string of the molecule is CCCN(CCCNC(=O)OC1CCC1)C(=O)C1=Cc2c(cnn2CCCCCNC(=O)OC(C)(C)C)N=C(N)C1. The van der Waals surface area contributed by atoms with Gasteiger partial charge in [0.05, 0.1) is 11.9 Å². The van der Waals surface area contributed by atoms with Crippen molar-refractivity contribution in [2.24, 2.45) is 10.7 Å². The summed E-state index contributed by atoms with van der Waals surface area (Å²) in [6, 6.07) is 0. The van der Waals surface area contributed by atoms with Crippen molar-refractivity contribution in [1.82, 2.24) is 25.3 Å². The number of ether oxygens (including phenoxy) is 2. The fraction of sp³-hybridized carbons (Fsp3) is 0.690. The van der Waals surface area contributed by atoms with Crippen LogP contribution in [0.15, 0.2) is 16.8 Å². The first-order valence-electron chi connectivity index (χ1n) is 14.9. The number of amidine groups is 1. The van der Waals surface area contributed by atoms with Crippen molar-refractivity contribution in [1.29, 1.82) is 0 Å². The maximum absolute atomic E-state index is 13.6. The van der Waals surface area contributed by atoms with Gasteiger partial charge in [-0.25, -0.2) is 14.6 Å². The number of amides is 3. The van der Waals surface area contributed by atoms with Crippen molar-refractivity contribution in [2.45, 2.75) is 104 Å². The quantitative estimate of drug-likeness (QED) is 0.281. The van der Waals surface area contributed by atoms with Gasteiger partial charge in [0, 0.05) is 44.7 Å². The van der Waals surface area contributed by atoms with Gasteiger partial charge in [0.1, 0.15) is 23.2 Å². The monoisotopic (exact) mass is 573 g/mol. The molecule has 1 aliphatic carbocycles.